The molecule has 0 aliphatic carbocycles. The Labute approximate surface area is 151 Å². The number of hydrogen-bond donors (Lipinski definition) is 1. The minimum absolute atomic E-state index is 0.109. The Balaban J connectivity index is 3.35. The van der Waals surface area contributed by atoms with E-state index in [1.165, 1.54) is 83.5 Å². The molecule has 0 bridgehead atoms. The molecule has 1 nitrogen and oxygen atoms in total. The summed E-state index contributed by atoms with van der Waals surface area (Å²) in [6.07, 6.45) is 17.7. The smallest absolute Gasteiger partial charge is 0.0678 e. The van der Waals surface area contributed by atoms with Crippen LogP contribution in [0.4, 0.5) is 0 Å². The average molecular weight is 347 g/mol. The Kier molecular flexibility index (Phi) is 15.9. The van der Waals surface area contributed by atoms with E-state index in [-0.39, 0.29) is 5.38 Å². The van der Waals surface area contributed by atoms with Crippen LogP contribution in [0.3, 0.4) is 0 Å². The minimum Gasteiger partial charge on any atom is -0.392 e. The van der Waals surface area contributed by atoms with Crippen molar-refractivity contribution in [3.05, 3.63) is 0 Å². The Hall–Kier alpha value is 0.250. The normalized spacial score (nSPS) is 17.0. The number of alkyl halides is 1. The van der Waals surface area contributed by atoms with E-state index < -0.39 is 6.10 Å². The van der Waals surface area contributed by atoms with Gasteiger partial charge in [-0.15, -0.1) is 11.6 Å². The van der Waals surface area contributed by atoms with Crippen molar-refractivity contribution in [1.29, 1.82) is 0 Å². The molecule has 0 aliphatic heterocycles. The van der Waals surface area contributed by atoms with Crippen LogP contribution in [0.2, 0.25) is 0 Å². The van der Waals surface area contributed by atoms with Crippen molar-refractivity contribution in [2.75, 3.05) is 0 Å². The Morgan fingerprint density at radius 2 is 1.09 bits per heavy atom. The van der Waals surface area contributed by atoms with Crippen molar-refractivity contribution in [2.24, 2.45) is 11.8 Å². The van der Waals surface area contributed by atoms with Crippen LogP contribution < -0.4 is 0 Å². The van der Waals surface area contributed by atoms with Crippen LogP contribution in [0.25, 0.3) is 0 Å². The van der Waals surface area contributed by atoms with Gasteiger partial charge in [0.05, 0.1) is 11.5 Å². The molecule has 0 radical (unpaired) electrons. The van der Waals surface area contributed by atoms with Gasteiger partial charge < -0.3 is 5.11 Å². The highest BCUT2D eigenvalue weighted by molar-refractivity contribution is 6.21. The number of unbranched alkanes of at least 4 members (excludes halogenated alkanes) is 11. The zero-order valence-corrected chi connectivity index (χ0v) is 17.1. The molecule has 0 amide bonds. The predicted octanol–water partition coefficient (Wildman–Crippen LogP) is 7.34. The van der Waals surface area contributed by atoms with Crippen LogP contribution in [-0.4, -0.2) is 16.6 Å². The molecule has 140 valence electrons. The van der Waals surface area contributed by atoms with Crippen LogP contribution in [0.5, 0.6) is 0 Å². The highest BCUT2D eigenvalue weighted by Crippen LogP contribution is 2.26. The predicted molar refractivity (Wildman–Crippen MR) is 105 cm³/mol. The van der Waals surface area contributed by atoms with Crippen molar-refractivity contribution in [3.8, 4) is 0 Å². The molecule has 0 aromatic heterocycles. The lowest BCUT2D eigenvalue weighted by molar-refractivity contribution is 0.151. The molecule has 0 saturated carbocycles. The topological polar surface area (TPSA) is 20.2 Å². The van der Waals surface area contributed by atoms with Crippen molar-refractivity contribution >= 4 is 11.6 Å². The number of hydrogen-bond acceptors (Lipinski definition) is 1. The molecule has 0 heterocycles. The summed E-state index contributed by atoms with van der Waals surface area (Å²) in [7, 11) is 0. The number of aliphatic hydroxyl groups is 1. The molecule has 0 fully saturated rings. The molecular weight excluding hydrogens is 304 g/mol. The third-order valence-corrected chi connectivity index (χ3v) is 6.14. The molecule has 0 rings (SSSR count). The number of rotatable bonds is 16. The first-order valence-corrected chi connectivity index (χ1v) is 10.8. The Bertz CT molecular complexity index is 242. The van der Waals surface area contributed by atoms with E-state index in [0.717, 1.165) is 0 Å². The maximum absolute atomic E-state index is 9.58. The SMILES string of the molecule is CCCCCCCCCCCCCCC(C)C(C)C(Cl)C(C)O. The van der Waals surface area contributed by atoms with E-state index in [4.69, 9.17) is 11.6 Å². The first-order chi connectivity index (χ1) is 11.0. The number of aliphatic hydroxyl groups excluding tert-OH is 1. The van der Waals surface area contributed by atoms with Crippen LogP contribution in [0.1, 0.15) is 111 Å². The van der Waals surface area contributed by atoms with E-state index in [0.29, 0.717) is 11.8 Å². The first-order valence-electron chi connectivity index (χ1n) is 10.3. The van der Waals surface area contributed by atoms with Crippen LogP contribution in [-0.2, 0) is 0 Å². The molecule has 1 N–H and O–H groups in total. The molecule has 0 aliphatic rings. The summed E-state index contributed by atoms with van der Waals surface area (Å²) in [5.41, 5.74) is 0. The maximum atomic E-state index is 9.58. The molecule has 4 unspecified atom stereocenters. The standard InChI is InChI=1S/C21H43ClO/c1-5-6-7-8-9-10-11-12-13-14-15-16-17-18(2)19(3)21(22)20(4)23/h18-21,23H,5-17H2,1-4H3. The van der Waals surface area contributed by atoms with Crippen LogP contribution in [0, 0.1) is 11.8 Å². The van der Waals surface area contributed by atoms with Gasteiger partial charge in [-0.3, -0.25) is 0 Å². The highest BCUT2D eigenvalue weighted by atomic mass is 35.5. The lowest BCUT2D eigenvalue weighted by Crippen LogP contribution is -2.28. The summed E-state index contributed by atoms with van der Waals surface area (Å²) in [6.45, 7) is 8.53. The number of halogens is 1. The molecule has 0 spiro atoms. The lowest BCUT2D eigenvalue weighted by atomic mass is 9.86. The van der Waals surface area contributed by atoms with Gasteiger partial charge in [0.1, 0.15) is 0 Å². The average Bonchev–Trinajstić information content (AvgIpc) is 2.54. The van der Waals surface area contributed by atoms with Gasteiger partial charge in [0.15, 0.2) is 0 Å². The van der Waals surface area contributed by atoms with Gasteiger partial charge in [-0.1, -0.05) is 104 Å². The zero-order chi connectivity index (χ0) is 17.5. The molecule has 2 heteroatoms. The second-order valence-electron chi connectivity index (χ2n) is 7.70. The third kappa shape index (κ3) is 13.2. The van der Waals surface area contributed by atoms with E-state index in [1.807, 2.05) is 0 Å². The van der Waals surface area contributed by atoms with E-state index in [2.05, 4.69) is 20.8 Å². The second kappa shape index (κ2) is 15.8. The van der Waals surface area contributed by atoms with Gasteiger partial charge in [0.25, 0.3) is 0 Å². The maximum Gasteiger partial charge on any atom is 0.0678 e. The van der Waals surface area contributed by atoms with Crippen molar-refractivity contribution in [1.82, 2.24) is 0 Å². The first kappa shape index (κ1) is 23.2. The molecule has 0 aromatic carbocycles. The summed E-state index contributed by atoms with van der Waals surface area (Å²) in [4.78, 5) is 0. The van der Waals surface area contributed by atoms with Gasteiger partial charge in [-0.05, 0) is 18.8 Å². The zero-order valence-electron chi connectivity index (χ0n) is 16.3. The van der Waals surface area contributed by atoms with E-state index >= 15 is 0 Å². The van der Waals surface area contributed by atoms with Gasteiger partial charge in [-0.2, -0.15) is 0 Å². The van der Waals surface area contributed by atoms with Gasteiger partial charge in [0.2, 0.25) is 0 Å². The fraction of sp³-hybridized carbons (Fsp3) is 1.00. The lowest BCUT2D eigenvalue weighted by Gasteiger charge is -2.26. The van der Waals surface area contributed by atoms with Gasteiger partial charge in [0, 0.05) is 0 Å². The highest BCUT2D eigenvalue weighted by Gasteiger charge is 2.24. The minimum atomic E-state index is -0.406. The molecular formula is C21H43ClO. The van der Waals surface area contributed by atoms with E-state index in [1.54, 1.807) is 6.92 Å². The van der Waals surface area contributed by atoms with Crippen molar-refractivity contribution < 1.29 is 5.11 Å². The Morgan fingerprint density at radius 1 is 0.696 bits per heavy atom. The van der Waals surface area contributed by atoms with Crippen LogP contribution >= 0.6 is 11.6 Å². The van der Waals surface area contributed by atoms with Gasteiger partial charge >= 0.3 is 0 Å². The van der Waals surface area contributed by atoms with Crippen molar-refractivity contribution in [2.45, 2.75) is 123 Å². The monoisotopic (exact) mass is 346 g/mol. The van der Waals surface area contributed by atoms with Gasteiger partial charge in [-0.25, -0.2) is 0 Å². The fourth-order valence-corrected chi connectivity index (χ4v) is 3.57. The molecule has 4 atom stereocenters. The second-order valence-corrected chi connectivity index (χ2v) is 8.20. The van der Waals surface area contributed by atoms with E-state index in [9.17, 15) is 5.11 Å². The van der Waals surface area contributed by atoms with Crippen molar-refractivity contribution in [3.63, 3.8) is 0 Å². The Morgan fingerprint density at radius 3 is 1.48 bits per heavy atom. The summed E-state index contributed by atoms with van der Waals surface area (Å²) >= 11 is 6.26. The third-order valence-electron chi connectivity index (χ3n) is 5.37. The summed E-state index contributed by atoms with van der Waals surface area (Å²) in [5, 5.41) is 9.47. The van der Waals surface area contributed by atoms with Crippen LogP contribution in [0.15, 0.2) is 0 Å². The summed E-state index contributed by atoms with van der Waals surface area (Å²) in [6, 6.07) is 0. The largest absolute Gasteiger partial charge is 0.392 e. The fourth-order valence-electron chi connectivity index (χ4n) is 3.32. The molecule has 23 heavy (non-hydrogen) atoms. The quantitative estimate of drug-likeness (QED) is 0.229. The summed E-state index contributed by atoms with van der Waals surface area (Å²) in [5.74, 6) is 1.000. The molecule has 0 aromatic rings. The summed E-state index contributed by atoms with van der Waals surface area (Å²) < 4.78 is 0. The molecule has 0 saturated heterocycles.